The Morgan fingerprint density at radius 2 is 1.88 bits per heavy atom. The first-order valence-electron chi connectivity index (χ1n) is 2.43. The van der Waals surface area contributed by atoms with Gasteiger partial charge in [-0.25, -0.2) is 0 Å². The predicted molar refractivity (Wildman–Crippen MR) is 29.2 cm³/mol. The zero-order valence-corrected chi connectivity index (χ0v) is 5.40. The number of hydrogen-bond donors (Lipinski definition) is 1. The number of rotatable bonds is 1. The fraction of sp³-hybridized carbons (Fsp3) is 1.00. The van der Waals surface area contributed by atoms with E-state index in [9.17, 15) is 8.42 Å². The summed E-state index contributed by atoms with van der Waals surface area (Å²) >= 11 is 0. The zero-order chi connectivity index (χ0) is 6.41. The maximum atomic E-state index is 10.3. The first-order valence-corrected chi connectivity index (χ1v) is 3.87. The maximum absolute atomic E-state index is 10.3. The SMILES string of the molecule is CC1(S(=O)(=O)O)CC1. The Balaban J connectivity index is 2.90. The Labute approximate surface area is 48.5 Å². The summed E-state index contributed by atoms with van der Waals surface area (Å²) < 4.78 is 28.1. The minimum Gasteiger partial charge on any atom is -0.285 e. The number of hydrogen-bond acceptors (Lipinski definition) is 2. The van der Waals surface area contributed by atoms with Crippen molar-refractivity contribution in [3.8, 4) is 0 Å². The highest BCUT2D eigenvalue weighted by Gasteiger charge is 2.49. The lowest BCUT2D eigenvalue weighted by molar-refractivity contribution is 0.468. The van der Waals surface area contributed by atoms with E-state index in [1.165, 1.54) is 0 Å². The second-order valence-electron chi connectivity index (χ2n) is 2.42. The molecule has 0 spiro atoms. The molecule has 8 heavy (non-hydrogen) atoms. The van der Waals surface area contributed by atoms with Crippen LogP contribution in [0.1, 0.15) is 19.8 Å². The van der Waals surface area contributed by atoms with Crippen molar-refractivity contribution in [2.75, 3.05) is 0 Å². The van der Waals surface area contributed by atoms with Gasteiger partial charge in [0.1, 0.15) is 0 Å². The topological polar surface area (TPSA) is 54.4 Å². The summed E-state index contributed by atoms with van der Waals surface area (Å²) in [7, 11) is -3.73. The van der Waals surface area contributed by atoms with Gasteiger partial charge in [0.2, 0.25) is 0 Å². The van der Waals surface area contributed by atoms with Crippen LogP contribution in [0.4, 0.5) is 0 Å². The molecule has 1 saturated carbocycles. The summed E-state index contributed by atoms with van der Waals surface area (Å²) in [6.07, 6.45) is 1.21. The van der Waals surface area contributed by atoms with E-state index in [0.29, 0.717) is 12.8 Å². The monoisotopic (exact) mass is 136 g/mol. The molecule has 0 heterocycles. The van der Waals surface area contributed by atoms with Gasteiger partial charge in [0, 0.05) is 0 Å². The van der Waals surface area contributed by atoms with Crippen molar-refractivity contribution >= 4 is 10.1 Å². The van der Waals surface area contributed by atoms with Gasteiger partial charge in [0.25, 0.3) is 10.1 Å². The van der Waals surface area contributed by atoms with Crippen LogP contribution in [-0.4, -0.2) is 17.7 Å². The quantitative estimate of drug-likeness (QED) is 0.532. The molecule has 0 amide bonds. The molecule has 0 radical (unpaired) electrons. The van der Waals surface area contributed by atoms with E-state index in [2.05, 4.69) is 0 Å². The van der Waals surface area contributed by atoms with E-state index in [4.69, 9.17) is 4.55 Å². The molecule has 0 unspecified atom stereocenters. The molecule has 1 fully saturated rings. The third kappa shape index (κ3) is 0.736. The van der Waals surface area contributed by atoms with Crippen LogP contribution in [-0.2, 0) is 10.1 Å². The van der Waals surface area contributed by atoms with Crippen LogP contribution >= 0.6 is 0 Å². The minimum absolute atomic E-state index is 0.603. The smallest absolute Gasteiger partial charge is 0.270 e. The largest absolute Gasteiger partial charge is 0.285 e. The molecule has 3 nitrogen and oxygen atoms in total. The first kappa shape index (κ1) is 6.04. The van der Waals surface area contributed by atoms with Crippen molar-refractivity contribution in [2.24, 2.45) is 0 Å². The average molecular weight is 136 g/mol. The van der Waals surface area contributed by atoms with Crippen LogP contribution < -0.4 is 0 Å². The highest BCUT2D eigenvalue weighted by atomic mass is 32.2. The van der Waals surface area contributed by atoms with E-state index in [1.807, 2.05) is 0 Å². The lowest BCUT2D eigenvalue weighted by Crippen LogP contribution is -2.16. The van der Waals surface area contributed by atoms with Crippen LogP contribution in [0.2, 0.25) is 0 Å². The van der Waals surface area contributed by atoms with Crippen LogP contribution in [0.25, 0.3) is 0 Å². The molecule has 1 aliphatic rings. The molecule has 0 aromatic rings. The molecule has 1 N–H and O–H groups in total. The van der Waals surface area contributed by atoms with Gasteiger partial charge in [-0.15, -0.1) is 0 Å². The normalized spacial score (nSPS) is 25.2. The molecule has 0 saturated heterocycles. The van der Waals surface area contributed by atoms with E-state index in [0.717, 1.165) is 0 Å². The highest BCUT2D eigenvalue weighted by Crippen LogP contribution is 2.41. The summed E-state index contributed by atoms with van der Waals surface area (Å²) in [4.78, 5) is 0. The molecule has 0 bridgehead atoms. The Bertz CT molecular complexity index is 187. The Hall–Kier alpha value is -0.0900. The standard InChI is InChI=1S/C4H8O3S/c1-4(2-3-4)8(5,6)7/h2-3H2,1H3,(H,5,6,7). The second kappa shape index (κ2) is 1.25. The van der Waals surface area contributed by atoms with Crippen molar-refractivity contribution in [3.63, 3.8) is 0 Å². The van der Waals surface area contributed by atoms with Crippen LogP contribution in [0.3, 0.4) is 0 Å². The molecule has 0 aliphatic heterocycles. The van der Waals surface area contributed by atoms with Crippen molar-refractivity contribution < 1.29 is 13.0 Å². The van der Waals surface area contributed by atoms with Gasteiger partial charge in [0.05, 0.1) is 4.75 Å². The van der Waals surface area contributed by atoms with Gasteiger partial charge in [0.15, 0.2) is 0 Å². The first-order chi connectivity index (χ1) is 3.46. The summed E-state index contributed by atoms with van der Waals surface area (Å²) in [5.41, 5.74) is 0. The Kier molecular flexibility index (Phi) is 0.941. The molecule has 1 rings (SSSR count). The Morgan fingerprint density at radius 3 is 1.88 bits per heavy atom. The van der Waals surface area contributed by atoms with Crippen LogP contribution in [0.5, 0.6) is 0 Å². The van der Waals surface area contributed by atoms with Gasteiger partial charge >= 0.3 is 0 Å². The third-order valence-electron chi connectivity index (χ3n) is 1.58. The highest BCUT2D eigenvalue weighted by molar-refractivity contribution is 7.87. The van der Waals surface area contributed by atoms with Gasteiger partial charge in [-0.2, -0.15) is 8.42 Å². The van der Waals surface area contributed by atoms with Crippen molar-refractivity contribution in [1.82, 2.24) is 0 Å². The fourth-order valence-electron chi connectivity index (χ4n) is 0.434. The summed E-state index contributed by atoms with van der Waals surface area (Å²) in [5, 5.41) is 0. The van der Waals surface area contributed by atoms with Crippen LogP contribution in [0.15, 0.2) is 0 Å². The zero-order valence-electron chi connectivity index (χ0n) is 4.59. The molecular weight excluding hydrogens is 128 g/mol. The lowest BCUT2D eigenvalue weighted by atomic mass is 10.5. The molecular formula is C4H8O3S. The third-order valence-corrected chi connectivity index (χ3v) is 3.23. The van der Waals surface area contributed by atoms with E-state index in [-0.39, 0.29) is 0 Å². The van der Waals surface area contributed by atoms with Gasteiger partial charge in [-0.1, -0.05) is 0 Å². The molecule has 0 atom stereocenters. The molecule has 48 valence electrons. The van der Waals surface area contributed by atoms with Gasteiger partial charge < -0.3 is 0 Å². The maximum Gasteiger partial charge on any atom is 0.270 e. The molecule has 4 heteroatoms. The van der Waals surface area contributed by atoms with Crippen molar-refractivity contribution in [2.45, 2.75) is 24.5 Å². The Morgan fingerprint density at radius 1 is 1.50 bits per heavy atom. The summed E-state index contributed by atoms with van der Waals surface area (Å²) in [6.45, 7) is 1.54. The van der Waals surface area contributed by atoms with E-state index < -0.39 is 14.9 Å². The van der Waals surface area contributed by atoms with E-state index >= 15 is 0 Å². The minimum atomic E-state index is -3.73. The average Bonchev–Trinajstić information content (AvgIpc) is 2.16. The van der Waals surface area contributed by atoms with Crippen LogP contribution in [0, 0.1) is 0 Å². The van der Waals surface area contributed by atoms with Crippen molar-refractivity contribution in [1.29, 1.82) is 0 Å². The fourth-order valence-corrected chi connectivity index (χ4v) is 1.05. The van der Waals surface area contributed by atoms with Gasteiger partial charge in [-0.05, 0) is 19.8 Å². The second-order valence-corrected chi connectivity index (χ2v) is 4.36. The lowest BCUT2D eigenvalue weighted by Gasteiger charge is -1.99. The van der Waals surface area contributed by atoms with Crippen molar-refractivity contribution in [3.05, 3.63) is 0 Å². The molecule has 0 aromatic carbocycles. The molecule has 0 aromatic heterocycles. The summed E-state index contributed by atoms with van der Waals surface area (Å²) in [6, 6.07) is 0. The van der Waals surface area contributed by atoms with Gasteiger partial charge in [-0.3, -0.25) is 4.55 Å². The van der Waals surface area contributed by atoms with E-state index in [1.54, 1.807) is 6.92 Å². The summed E-state index contributed by atoms with van der Waals surface area (Å²) in [5.74, 6) is 0. The predicted octanol–water partition coefficient (Wildman–Crippen LogP) is 0.427. The molecule has 1 aliphatic carbocycles.